The van der Waals surface area contributed by atoms with Crippen LogP contribution in [0, 0.1) is 16.0 Å². The lowest BCUT2D eigenvalue weighted by atomic mass is 10.0. The average Bonchev–Trinajstić information content (AvgIpc) is 2.91. The predicted octanol–water partition coefficient (Wildman–Crippen LogP) is 6.55. The summed E-state index contributed by atoms with van der Waals surface area (Å²) in [6, 6.07) is 20.2. The van der Waals surface area contributed by atoms with Crippen molar-refractivity contribution in [2.75, 3.05) is 12.3 Å². The maximum Gasteiger partial charge on any atom is 0.269 e. The van der Waals surface area contributed by atoms with Crippen molar-refractivity contribution in [3.05, 3.63) is 110 Å². The van der Waals surface area contributed by atoms with Crippen molar-refractivity contribution < 1.29 is 14.5 Å². The highest BCUT2D eigenvalue weighted by Crippen LogP contribution is 2.28. The molecule has 0 aliphatic rings. The van der Waals surface area contributed by atoms with E-state index in [-0.39, 0.29) is 35.7 Å². The SMILES string of the molecule is CC(C)CNC(=O)[C@@H](Cc1ccccc1)N(Cc1c(Cl)cccc1Cl)C(=O)CSCc1ccc([N+](=O)[O-])cc1. The molecule has 0 radical (unpaired) electrons. The fraction of sp³-hybridized carbons (Fsp3) is 0.310. The largest absolute Gasteiger partial charge is 0.354 e. The van der Waals surface area contributed by atoms with Crippen molar-refractivity contribution in [1.82, 2.24) is 10.2 Å². The first kappa shape index (κ1) is 30.5. The number of nitro groups is 1. The van der Waals surface area contributed by atoms with Gasteiger partial charge in [-0.3, -0.25) is 19.7 Å². The van der Waals surface area contributed by atoms with Crippen LogP contribution in [0.15, 0.2) is 72.8 Å². The fourth-order valence-electron chi connectivity index (χ4n) is 3.88. The Morgan fingerprint density at radius 2 is 1.59 bits per heavy atom. The van der Waals surface area contributed by atoms with Gasteiger partial charge in [0.1, 0.15) is 6.04 Å². The Hall–Kier alpha value is -3.07. The second kappa shape index (κ2) is 14.9. The molecule has 206 valence electrons. The Morgan fingerprint density at radius 1 is 0.949 bits per heavy atom. The summed E-state index contributed by atoms with van der Waals surface area (Å²) in [7, 11) is 0. The second-order valence-electron chi connectivity index (χ2n) is 9.48. The number of non-ortho nitro benzene ring substituents is 1. The van der Waals surface area contributed by atoms with Gasteiger partial charge in [0.2, 0.25) is 11.8 Å². The van der Waals surface area contributed by atoms with Gasteiger partial charge in [0.15, 0.2) is 0 Å². The van der Waals surface area contributed by atoms with Crippen LogP contribution in [0.25, 0.3) is 0 Å². The number of hydrogen-bond donors (Lipinski definition) is 1. The molecule has 0 heterocycles. The zero-order chi connectivity index (χ0) is 28.4. The van der Waals surface area contributed by atoms with Crippen LogP contribution in [0.3, 0.4) is 0 Å². The number of amides is 2. The van der Waals surface area contributed by atoms with Crippen LogP contribution in [-0.4, -0.2) is 40.0 Å². The Balaban J connectivity index is 1.86. The van der Waals surface area contributed by atoms with Crippen LogP contribution in [0.1, 0.15) is 30.5 Å². The van der Waals surface area contributed by atoms with Crippen LogP contribution in [0.2, 0.25) is 10.0 Å². The van der Waals surface area contributed by atoms with Crippen molar-refractivity contribution >= 4 is 52.5 Å². The van der Waals surface area contributed by atoms with Crippen molar-refractivity contribution in [2.45, 2.75) is 38.6 Å². The molecule has 3 aromatic carbocycles. The molecule has 3 aromatic rings. The van der Waals surface area contributed by atoms with E-state index in [4.69, 9.17) is 23.2 Å². The number of nitro benzene ring substituents is 1. The minimum Gasteiger partial charge on any atom is -0.354 e. The van der Waals surface area contributed by atoms with Crippen molar-refractivity contribution in [3.8, 4) is 0 Å². The van der Waals surface area contributed by atoms with E-state index in [0.29, 0.717) is 34.3 Å². The molecule has 0 aliphatic heterocycles. The van der Waals surface area contributed by atoms with Crippen LogP contribution >= 0.6 is 35.0 Å². The minimum atomic E-state index is -0.786. The van der Waals surface area contributed by atoms with Gasteiger partial charge in [0.25, 0.3) is 5.69 Å². The van der Waals surface area contributed by atoms with Crippen LogP contribution in [0.4, 0.5) is 5.69 Å². The molecule has 0 unspecified atom stereocenters. The van der Waals surface area contributed by atoms with Crippen LogP contribution in [-0.2, 0) is 28.3 Å². The molecule has 3 rings (SSSR count). The van der Waals surface area contributed by atoms with Gasteiger partial charge < -0.3 is 10.2 Å². The van der Waals surface area contributed by atoms with E-state index in [0.717, 1.165) is 11.1 Å². The van der Waals surface area contributed by atoms with Crippen molar-refractivity contribution in [2.24, 2.45) is 5.92 Å². The predicted molar refractivity (Wildman–Crippen MR) is 158 cm³/mol. The number of nitrogens with one attached hydrogen (secondary N) is 1. The molecular weight excluding hydrogens is 557 g/mol. The number of carbonyl (C=O) groups is 2. The lowest BCUT2D eigenvalue weighted by Crippen LogP contribution is -2.51. The standard InChI is InChI=1S/C29H31Cl2N3O4S/c1-20(2)16-32-29(36)27(15-21-7-4-3-5-8-21)33(17-24-25(30)9-6-10-26(24)31)28(35)19-39-18-22-11-13-23(14-12-22)34(37)38/h3-14,20,27H,15-19H2,1-2H3,(H,32,36)/t27-/m1/s1. The number of rotatable bonds is 13. The van der Waals surface area contributed by atoms with E-state index < -0.39 is 11.0 Å². The molecular formula is C29H31Cl2N3O4S. The normalized spacial score (nSPS) is 11.7. The number of benzene rings is 3. The van der Waals surface area contributed by atoms with Gasteiger partial charge in [-0.2, -0.15) is 0 Å². The highest BCUT2D eigenvalue weighted by Gasteiger charge is 2.31. The summed E-state index contributed by atoms with van der Waals surface area (Å²) in [6.45, 7) is 4.57. The Morgan fingerprint density at radius 3 is 2.18 bits per heavy atom. The zero-order valence-corrected chi connectivity index (χ0v) is 24.1. The maximum absolute atomic E-state index is 13.7. The Labute approximate surface area is 243 Å². The number of halogens is 2. The molecule has 2 amide bonds. The molecule has 10 heteroatoms. The third kappa shape index (κ3) is 9.27. The molecule has 1 atom stereocenters. The minimum absolute atomic E-state index is 0.0128. The molecule has 7 nitrogen and oxygen atoms in total. The van der Waals surface area contributed by atoms with E-state index in [9.17, 15) is 19.7 Å². The van der Waals surface area contributed by atoms with Gasteiger partial charge >= 0.3 is 0 Å². The molecule has 0 spiro atoms. The van der Waals surface area contributed by atoms with Crippen molar-refractivity contribution in [1.29, 1.82) is 0 Å². The molecule has 39 heavy (non-hydrogen) atoms. The maximum atomic E-state index is 13.7. The first-order valence-corrected chi connectivity index (χ1v) is 14.4. The van der Waals surface area contributed by atoms with Crippen LogP contribution < -0.4 is 5.32 Å². The summed E-state index contributed by atoms with van der Waals surface area (Å²) < 4.78 is 0. The monoisotopic (exact) mass is 587 g/mol. The van der Waals surface area contributed by atoms with Crippen LogP contribution in [0.5, 0.6) is 0 Å². The Bertz CT molecular complexity index is 1250. The van der Waals surface area contributed by atoms with Gasteiger partial charge in [-0.25, -0.2) is 0 Å². The second-order valence-corrected chi connectivity index (χ2v) is 11.3. The van der Waals surface area contributed by atoms with Crippen molar-refractivity contribution in [3.63, 3.8) is 0 Å². The number of carbonyl (C=O) groups excluding carboxylic acids is 2. The highest BCUT2D eigenvalue weighted by atomic mass is 35.5. The third-order valence-electron chi connectivity index (χ3n) is 5.99. The summed E-state index contributed by atoms with van der Waals surface area (Å²) in [5.41, 5.74) is 2.36. The number of thioether (sulfide) groups is 1. The summed E-state index contributed by atoms with van der Waals surface area (Å²) in [6.07, 6.45) is 0.325. The lowest BCUT2D eigenvalue weighted by Gasteiger charge is -2.32. The summed E-state index contributed by atoms with van der Waals surface area (Å²) >= 11 is 14.3. The smallest absolute Gasteiger partial charge is 0.269 e. The van der Waals surface area contributed by atoms with E-state index in [2.05, 4.69) is 5.32 Å². The summed E-state index contributed by atoms with van der Waals surface area (Å²) in [5.74, 6) is 0.337. The van der Waals surface area contributed by atoms with Gasteiger partial charge in [0, 0.05) is 53.0 Å². The Kier molecular flexibility index (Phi) is 11.7. The number of nitrogens with zero attached hydrogens (tertiary/aromatic N) is 2. The summed E-state index contributed by atoms with van der Waals surface area (Å²) in [5, 5.41) is 14.7. The molecule has 0 saturated heterocycles. The fourth-order valence-corrected chi connectivity index (χ4v) is 5.27. The first-order valence-electron chi connectivity index (χ1n) is 12.5. The first-order chi connectivity index (χ1) is 18.7. The zero-order valence-electron chi connectivity index (χ0n) is 21.8. The molecule has 0 saturated carbocycles. The highest BCUT2D eigenvalue weighted by molar-refractivity contribution is 7.99. The molecule has 0 fully saturated rings. The molecule has 0 aromatic heterocycles. The third-order valence-corrected chi connectivity index (χ3v) is 7.68. The van der Waals surface area contributed by atoms with E-state index in [1.54, 1.807) is 35.2 Å². The topological polar surface area (TPSA) is 92.6 Å². The molecule has 1 N–H and O–H groups in total. The molecule has 0 bridgehead atoms. The van der Waals surface area contributed by atoms with Gasteiger partial charge in [0.05, 0.1) is 10.7 Å². The average molecular weight is 589 g/mol. The number of hydrogen-bond acceptors (Lipinski definition) is 5. The van der Waals surface area contributed by atoms with Gasteiger partial charge in [-0.1, -0.05) is 85.6 Å². The summed E-state index contributed by atoms with van der Waals surface area (Å²) in [4.78, 5) is 39.3. The van der Waals surface area contributed by atoms with E-state index in [1.807, 2.05) is 44.2 Å². The van der Waals surface area contributed by atoms with Gasteiger partial charge in [-0.15, -0.1) is 11.8 Å². The quantitative estimate of drug-likeness (QED) is 0.181. The molecule has 0 aliphatic carbocycles. The van der Waals surface area contributed by atoms with Gasteiger partial charge in [-0.05, 0) is 29.2 Å². The van der Waals surface area contributed by atoms with E-state index >= 15 is 0 Å². The lowest BCUT2D eigenvalue weighted by molar-refractivity contribution is -0.384. The van der Waals surface area contributed by atoms with E-state index in [1.165, 1.54) is 23.9 Å².